The van der Waals surface area contributed by atoms with E-state index >= 15 is 0 Å². The van der Waals surface area contributed by atoms with Crippen LogP contribution in [-0.4, -0.2) is 37.8 Å². The molecule has 0 aliphatic carbocycles. The second kappa shape index (κ2) is 10.2. The van der Waals surface area contributed by atoms with Crippen molar-refractivity contribution in [2.45, 2.75) is 32.0 Å². The van der Waals surface area contributed by atoms with Gasteiger partial charge in [-0.25, -0.2) is 0 Å². The summed E-state index contributed by atoms with van der Waals surface area (Å²) in [6.45, 7) is 2.52. The Morgan fingerprint density at radius 2 is 1.58 bits per heavy atom. The van der Waals surface area contributed by atoms with Crippen LogP contribution >= 0.6 is 0 Å². The van der Waals surface area contributed by atoms with Gasteiger partial charge in [-0.3, -0.25) is 9.59 Å². The van der Waals surface area contributed by atoms with Gasteiger partial charge in [0.25, 0.3) is 0 Å². The largest absolute Gasteiger partial charge is 0.573 e. The van der Waals surface area contributed by atoms with Gasteiger partial charge in [0.1, 0.15) is 5.75 Å². The number of carbonyl (C=O) groups excluding carboxylic acids is 2. The van der Waals surface area contributed by atoms with E-state index < -0.39 is 23.9 Å². The highest BCUT2D eigenvalue weighted by Crippen LogP contribution is 2.24. The normalized spacial score (nSPS) is 13.7. The molecule has 1 aliphatic heterocycles. The number of anilines is 2. The molecule has 0 aromatic heterocycles. The van der Waals surface area contributed by atoms with E-state index in [9.17, 15) is 22.8 Å². The van der Waals surface area contributed by atoms with Crippen LogP contribution in [0.2, 0.25) is 0 Å². The number of alkyl halides is 3. The van der Waals surface area contributed by atoms with E-state index in [0.29, 0.717) is 13.0 Å². The van der Waals surface area contributed by atoms with Gasteiger partial charge in [-0.1, -0.05) is 12.1 Å². The first-order valence-corrected chi connectivity index (χ1v) is 10.1. The fraction of sp³-hybridized carbons (Fsp3) is 0.364. The SMILES string of the molecule is O=C(NCCCc1ccc(N2CCCC2)cc1)C(=O)Nc1ccc(OC(F)(F)F)cc1. The molecule has 2 aromatic rings. The number of hydrogen-bond donors (Lipinski definition) is 2. The lowest BCUT2D eigenvalue weighted by Crippen LogP contribution is -2.36. The Kier molecular flexibility index (Phi) is 7.38. The number of nitrogens with one attached hydrogen (secondary N) is 2. The van der Waals surface area contributed by atoms with Crippen LogP contribution in [0.3, 0.4) is 0 Å². The lowest BCUT2D eigenvalue weighted by Gasteiger charge is -2.17. The number of carbonyl (C=O) groups is 2. The van der Waals surface area contributed by atoms with Gasteiger partial charge < -0.3 is 20.3 Å². The van der Waals surface area contributed by atoms with Gasteiger partial charge in [-0.2, -0.15) is 0 Å². The van der Waals surface area contributed by atoms with E-state index in [1.807, 2.05) is 0 Å². The Labute approximate surface area is 178 Å². The van der Waals surface area contributed by atoms with E-state index in [4.69, 9.17) is 0 Å². The van der Waals surface area contributed by atoms with Crippen molar-refractivity contribution in [3.63, 3.8) is 0 Å². The van der Waals surface area contributed by atoms with Gasteiger partial charge in [-0.05, 0) is 67.6 Å². The molecule has 0 atom stereocenters. The van der Waals surface area contributed by atoms with Gasteiger partial charge >= 0.3 is 18.2 Å². The zero-order valence-electron chi connectivity index (χ0n) is 16.9. The summed E-state index contributed by atoms with van der Waals surface area (Å²) >= 11 is 0. The van der Waals surface area contributed by atoms with E-state index in [1.165, 1.54) is 30.7 Å². The van der Waals surface area contributed by atoms with Crippen molar-refractivity contribution in [3.8, 4) is 5.75 Å². The summed E-state index contributed by atoms with van der Waals surface area (Å²) in [5.41, 5.74) is 2.57. The van der Waals surface area contributed by atoms with E-state index in [2.05, 4.69) is 44.5 Å². The van der Waals surface area contributed by atoms with Crippen molar-refractivity contribution in [2.75, 3.05) is 29.9 Å². The maximum atomic E-state index is 12.1. The van der Waals surface area contributed by atoms with Crippen molar-refractivity contribution in [1.29, 1.82) is 0 Å². The summed E-state index contributed by atoms with van der Waals surface area (Å²) < 4.78 is 40.2. The van der Waals surface area contributed by atoms with Crippen molar-refractivity contribution >= 4 is 23.2 Å². The number of benzene rings is 2. The van der Waals surface area contributed by atoms with E-state index in [-0.39, 0.29) is 5.69 Å². The Morgan fingerprint density at radius 3 is 2.19 bits per heavy atom. The van der Waals surface area contributed by atoms with Crippen LogP contribution in [0.5, 0.6) is 5.75 Å². The number of amides is 2. The Bertz CT molecular complexity index is 878. The molecule has 2 aromatic carbocycles. The predicted molar refractivity (Wildman–Crippen MR) is 111 cm³/mol. The lowest BCUT2D eigenvalue weighted by molar-refractivity contribution is -0.274. The molecule has 3 rings (SSSR count). The van der Waals surface area contributed by atoms with Crippen LogP contribution in [0.4, 0.5) is 24.5 Å². The van der Waals surface area contributed by atoms with Crippen LogP contribution in [0.25, 0.3) is 0 Å². The molecule has 31 heavy (non-hydrogen) atoms. The maximum absolute atomic E-state index is 12.1. The summed E-state index contributed by atoms with van der Waals surface area (Å²) in [5.74, 6) is -2.11. The lowest BCUT2D eigenvalue weighted by atomic mass is 10.1. The van der Waals surface area contributed by atoms with Crippen molar-refractivity contribution in [2.24, 2.45) is 0 Å². The summed E-state index contributed by atoms with van der Waals surface area (Å²) in [4.78, 5) is 26.2. The predicted octanol–water partition coefficient (Wildman–Crippen LogP) is 3.87. The fourth-order valence-electron chi connectivity index (χ4n) is 3.35. The van der Waals surface area contributed by atoms with Crippen LogP contribution in [0, 0.1) is 0 Å². The van der Waals surface area contributed by atoms with Crippen LogP contribution in [0.15, 0.2) is 48.5 Å². The van der Waals surface area contributed by atoms with Gasteiger partial charge in [-0.15, -0.1) is 13.2 Å². The second-order valence-corrected chi connectivity index (χ2v) is 7.25. The van der Waals surface area contributed by atoms with Gasteiger partial charge in [0.05, 0.1) is 0 Å². The molecule has 0 unspecified atom stereocenters. The maximum Gasteiger partial charge on any atom is 0.573 e. The standard InChI is InChI=1S/C22H24F3N3O3/c23-22(24,25)31-19-11-7-17(8-12-19)27-21(30)20(29)26-13-3-4-16-5-9-18(10-6-16)28-14-1-2-15-28/h5-12H,1-4,13-15H2,(H,26,29)(H,27,30). The summed E-state index contributed by atoms with van der Waals surface area (Å²) in [5, 5.41) is 4.87. The number of rotatable bonds is 7. The molecule has 166 valence electrons. The molecular weight excluding hydrogens is 411 g/mol. The Hall–Kier alpha value is -3.23. The van der Waals surface area contributed by atoms with Crippen LogP contribution in [-0.2, 0) is 16.0 Å². The molecular formula is C22H24F3N3O3. The smallest absolute Gasteiger partial charge is 0.406 e. The molecule has 0 bridgehead atoms. The molecule has 0 saturated carbocycles. The third kappa shape index (κ3) is 7.20. The summed E-state index contributed by atoms with van der Waals surface area (Å²) in [6.07, 6.45) is -0.894. The molecule has 1 saturated heterocycles. The van der Waals surface area contributed by atoms with E-state index in [0.717, 1.165) is 37.2 Å². The fourth-order valence-corrected chi connectivity index (χ4v) is 3.35. The number of ether oxygens (including phenoxy) is 1. The zero-order valence-corrected chi connectivity index (χ0v) is 16.9. The van der Waals surface area contributed by atoms with Gasteiger partial charge in [0, 0.05) is 31.0 Å². The third-order valence-electron chi connectivity index (χ3n) is 4.89. The average molecular weight is 435 g/mol. The topological polar surface area (TPSA) is 70.7 Å². The number of hydrogen-bond acceptors (Lipinski definition) is 4. The zero-order chi connectivity index (χ0) is 22.3. The highest BCUT2D eigenvalue weighted by atomic mass is 19.4. The van der Waals surface area contributed by atoms with E-state index in [1.54, 1.807) is 0 Å². The second-order valence-electron chi connectivity index (χ2n) is 7.25. The minimum atomic E-state index is -4.79. The molecule has 1 aliphatic rings. The first-order chi connectivity index (χ1) is 14.8. The van der Waals surface area contributed by atoms with Crippen LogP contribution in [0.1, 0.15) is 24.8 Å². The van der Waals surface area contributed by atoms with Crippen molar-refractivity contribution in [1.82, 2.24) is 5.32 Å². The minimum Gasteiger partial charge on any atom is -0.406 e. The molecule has 0 radical (unpaired) electrons. The third-order valence-corrected chi connectivity index (χ3v) is 4.89. The monoisotopic (exact) mass is 435 g/mol. The van der Waals surface area contributed by atoms with Gasteiger partial charge in [0.2, 0.25) is 0 Å². The molecule has 1 heterocycles. The summed E-state index contributed by atoms with van der Waals surface area (Å²) in [7, 11) is 0. The molecule has 0 spiro atoms. The number of nitrogens with zero attached hydrogens (tertiary/aromatic N) is 1. The average Bonchev–Trinajstić information content (AvgIpc) is 3.27. The first-order valence-electron chi connectivity index (χ1n) is 10.1. The molecule has 2 amide bonds. The highest BCUT2D eigenvalue weighted by molar-refractivity contribution is 6.39. The number of halogens is 3. The van der Waals surface area contributed by atoms with Crippen molar-refractivity contribution < 1.29 is 27.5 Å². The highest BCUT2D eigenvalue weighted by Gasteiger charge is 2.31. The summed E-state index contributed by atoms with van der Waals surface area (Å²) in [6, 6.07) is 12.9. The van der Waals surface area contributed by atoms with Crippen molar-refractivity contribution in [3.05, 3.63) is 54.1 Å². The Balaban J connectivity index is 1.36. The first kappa shape index (κ1) is 22.5. The molecule has 2 N–H and O–H groups in total. The number of aryl methyl sites for hydroxylation is 1. The minimum absolute atomic E-state index is 0.188. The molecule has 9 heteroatoms. The Morgan fingerprint density at radius 1 is 0.935 bits per heavy atom. The quantitative estimate of drug-likeness (QED) is 0.512. The molecule has 6 nitrogen and oxygen atoms in total. The van der Waals surface area contributed by atoms with Crippen LogP contribution < -0.4 is 20.3 Å². The van der Waals surface area contributed by atoms with Gasteiger partial charge in [0.15, 0.2) is 0 Å². The molecule has 1 fully saturated rings.